The molecular formula is C22H28N6. The second-order valence-corrected chi connectivity index (χ2v) is 8.06. The minimum atomic E-state index is 0.607. The highest BCUT2D eigenvalue weighted by atomic mass is 15.4. The van der Waals surface area contributed by atoms with E-state index in [-0.39, 0.29) is 0 Å². The molecule has 0 amide bonds. The lowest BCUT2D eigenvalue weighted by Gasteiger charge is -2.27. The smallest absolute Gasteiger partial charge is 0.185 e. The van der Waals surface area contributed by atoms with Crippen LogP contribution in [0.25, 0.3) is 17.0 Å². The summed E-state index contributed by atoms with van der Waals surface area (Å²) < 4.78 is 1.89. The Hall–Kier alpha value is -2.47. The number of rotatable bonds is 7. The SMILES string of the molecule is c1ccc(-c2nnc3cc(C4CCC4)c(NCCCN4CCCC4)nn23)cc1. The maximum absolute atomic E-state index is 4.95. The van der Waals surface area contributed by atoms with Crippen molar-refractivity contribution in [2.75, 3.05) is 31.5 Å². The Balaban J connectivity index is 1.39. The molecule has 0 radical (unpaired) electrons. The largest absolute Gasteiger partial charge is 0.368 e. The molecule has 1 aliphatic heterocycles. The van der Waals surface area contributed by atoms with Crippen molar-refractivity contribution in [3.63, 3.8) is 0 Å². The number of benzene rings is 1. The molecule has 1 saturated carbocycles. The number of hydrogen-bond donors (Lipinski definition) is 1. The van der Waals surface area contributed by atoms with Crippen LogP contribution in [0.1, 0.15) is 50.0 Å². The van der Waals surface area contributed by atoms with Crippen molar-refractivity contribution in [2.45, 2.75) is 44.4 Å². The minimum Gasteiger partial charge on any atom is -0.368 e. The second-order valence-electron chi connectivity index (χ2n) is 8.06. The highest BCUT2D eigenvalue weighted by Crippen LogP contribution is 2.39. The molecule has 1 aromatic carbocycles. The number of fused-ring (bicyclic) bond motifs is 1. The van der Waals surface area contributed by atoms with Gasteiger partial charge in [-0.05, 0) is 63.7 Å². The average molecular weight is 377 g/mol. The van der Waals surface area contributed by atoms with Crippen LogP contribution < -0.4 is 5.32 Å². The molecule has 3 aromatic rings. The molecule has 5 rings (SSSR count). The third kappa shape index (κ3) is 3.49. The molecule has 6 heteroatoms. The number of likely N-dealkylation sites (tertiary alicyclic amines) is 1. The Morgan fingerprint density at radius 1 is 1.00 bits per heavy atom. The molecule has 0 atom stereocenters. The zero-order valence-corrected chi connectivity index (χ0v) is 16.3. The molecular weight excluding hydrogens is 348 g/mol. The molecule has 146 valence electrons. The van der Waals surface area contributed by atoms with Gasteiger partial charge in [-0.2, -0.15) is 4.52 Å². The lowest BCUT2D eigenvalue weighted by atomic mass is 9.80. The van der Waals surface area contributed by atoms with Crippen molar-refractivity contribution in [3.05, 3.63) is 42.0 Å². The van der Waals surface area contributed by atoms with Gasteiger partial charge in [0.1, 0.15) is 0 Å². The molecule has 28 heavy (non-hydrogen) atoms. The fraction of sp³-hybridized carbons (Fsp3) is 0.500. The topological polar surface area (TPSA) is 58.4 Å². The maximum Gasteiger partial charge on any atom is 0.185 e. The molecule has 6 nitrogen and oxygen atoms in total. The summed E-state index contributed by atoms with van der Waals surface area (Å²) in [5, 5.41) is 17.4. The van der Waals surface area contributed by atoms with Crippen LogP contribution in [-0.4, -0.2) is 50.9 Å². The van der Waals surface area contributed by atoms with E-state index in [0.29, 0.717) is 5.92 Å². The molecule has 0 spiro atoms. The molecule has 3 heterocycles. The summed E-state index contributed by atoms with van der Waals surface area (Å²) in [4.78, 5) is 2.57. The maximum atomic E-state index is 4.95. The van der Waals surface area contributed by atoms with Crippen molar-refractivity contribution in [1.29, 1.82) is 0 Å². The Morgan fingerprint density at radius 3 is 2.57 bits per heavy atom. The van der Waals surface area contributed by atoms with E-state index in [1.807, 2.05) is 22.7 Å². The average Bonchev–Trinajstić information content (AvgIpc) is 3.34. The Bertz CT molecular complexity index is 925. The predicted molar refractivity (Wildman–Crippen MR) is 112 cm³/mol. The van der Waals surface area contributed by atoms with Gasteiger partial charge in [-0.15, -0.1) is 15.3 Å². The number of anilines is 1. The first-order chi connectivity index (χ1) is 13.9. The lowest BCUT2D eigenvalue weighted by Crippen LogP contribution is -2.23. The fourth-order valence-corrected chi connectivity index (χ4v) is 4.30. The first-order valence-electron chi connectivity index (χ1n) is 10.7. The van der Waals surface area contributed by atoms with Crippen LogP contribution in [0.2, 0.25) is 0 Å². The van der Waals surface area contributed by atoms with E-state index in [9.17, 15) is 0 Å². The summed E-state index contributed by atoms with van der Waals surface area (Å²) in [6.45, 7) is 4.66. The summed E-state index contributed by atoms with van der Waals surface area (Å²) in [5.41, 5.74) is 3.19. The van der Waals surface area contributed by atoms with Crippen LogP contribution in [-0.2, 0) is 0 Å². The number of hydrogen-bond acceptors (Lipinski definition) is 5. The summed E-state index contributed by atoms with van der Waals surface area (Å²) in [7, 11) is 0. The van der Waals surface area contributed by atoms with Crippen LogP contribution in [0.15, 0.2) is 36.4 Å². The summed E-state index contributed by atoms with van der Waals surface area (Å²) >= 11 is 0. The molecule has 1 N–H and O–H groups in total. The second kappa shape index (κ2) is 7.87. The van der Waals surface area contributed by atoms with E-state index >= 15 is 0 Å². The van der Waals surface area contributed by atoms with Crippen molar-refractivity contribution >= 4 is 11.5 Å². The van der Waals surface area contributed by atoms with E-state index in [1.54, 1.807) is 0 Å². The van der Waals surface area contributed by atoms with Gasteiger partial charge in [0.2, 0.25) is 0 Å². The third-order valence-electron chi connectivity index (χ3n) is 6.14. The fourth-order valence-electron chi connectivity index (χ4n) is 4.30. The van der Waals surface area contributed by atoms with Crippen LogP contribution in [0.3, 0.4) is 0 Å². The summed E-state index contributed by atoms with van der Waals surface area (Å²) in [5.74, 6) is 2.42. The quantitative estimate of drug-likeness (QED) is 0.633. The van der Waals surface area contributed by atoms with Gasteiger partial charge in [0.25, 0.3) is 0 Å². The summed E-state index contributed by atoms with van der Waals surface area (Å²) in [6, 6.07) is 12.4. The van der Waals surface area contributed by atoms with Gasteiger partial charge in [-0.3, -0.25) is 0 Å². The van der Waals surface area contributed by atoms with Gasteiger partial charge in [-0.25, -0.2) is 0 Å². The molecule has 2 aliphatic rings. The van der Waals surface area contributed by atoms with Crippen LogP contribution in [0.5, 0.6) is 0 Å². The van der Waals surface area contributed by atoms with Crippen LogP contribution >= 0.6 is 0 Å². The molecule has 0 unspecified atom stereocenters. The van der Waals surface area contributed by atoms with Gasteiger partial charge in [0.05, 0.1) is 0 Å². The first kappa shape index (κ1) is 17.6. The van der Waals surface area contributed by atoms with E-state index in [2.05, 4.69) is 38.6 Å². The van der Waals surface area contributed by atoms with Gasteiger partial charge >= 0.3 is 0 Å². The van der Waals surface area contributed by atoms with Crippen molar-refractivity contribution in [1.82, 2.24) is 24.7 Å². The highest BCUT2D eigenvalue weighted by molar-refractivity contribution is 5.61. The highest BCUT2D eigenvalue weighted by Gasteiger charge is 2.25. The zero-order chi connectivity index (χ0) is 18.8. The Kier molecular flexibility index (Phi) is 4.95. The molecule has 2 fully saturated rings. The van der Waals surface area contributed by atoms with E-state index in [0.717, 1.165) is 35.8 Å². The molecule has 0 bridgehead atoms. The van der Waals surface area contributed by atoms with Gasteiger partial charge < -0.3 is 10.2 Å². The Morgan fingerprint density at radius 2 is 1.82 bits per heavy atom. The van der Waals surface area contributed by atoms with Gasteiger partial charge in [0, 0.05) is 17.7 Å². The van der Waals surface area contributed by atoms with Crippen molar-refractivity contribution in [3.8, 4) is 11.4 Å². The predicted octanol–water partition coefficient (Wildman–Crippen LogP) is 3.96. The van der Waals surface area contributed by atoms with Crippen LogP contribution in [0, 0.1) is 0 Å². The number of aromatic nitrogens is 4. The van der Waals surface area contributed by atoms with E-state index in [1.165, 1.54) is 57.3 Å². The summed E-state index contributed by atoms with van der Waals surface area (Å²) in [6.07, 6.45) is 7.67. The number of nitrogens with one attached hydrogen (secondary N) is 1. The standard InChI is InChI=1S/C22H28N6/c1-2-8-18(9-3-1)22-25-24-20-16-19(17-10-6-11-17)21(26-28(20)22)23-12-7-15-27-13-4-5-14-27/h1-3,8-9,16-17H,4-7,10-15H2,(H,23,26). The van der Waals surface area contributed by atoms with Gasteiger partial charge in [-0.1, -0.05) is 36.8 Å². The zero-order valence-electron chi connectivity index (χ0n) is 16.3. The monoisotopic (exact) mass is 376 g/mol. The third-order valence-corrected chi connectivity index (χ3v) is 6.14. The normalized spacial score (nSPS) is 17.9. The molecule has 2 aromatic heterocycles. The lowest BCUT2D eigenvalue weighted by molar-refractivity contribution is 0.337. The van der Waals surface area contributed by atoms with E-state index in [4.69, 9.17) is 5.10 Å². The minimum absolute atomic E-state index is 0.607. The van der Waals surface area contributed by atoms with Crippen molar-refractivity contribution in [2.24, 2.45) is 0 Å². The molecule has 1 saturated heterocycles. The first-order valence-corrected chi connectivity index (χ1v) is 10.7. The number of nitrogens with zero attached hydrogens (tertiary/aromatic N) is 5. The van der Waals surface area contributed by atoms with Crippen LogP contribution in [0.4, 0.5) is 5.82 Å². The molecule has 1 aliphatic carbocycles. The van der Waals surface area contributed by atoms with Gasteiger partial charge in [0.15, 0.2) is 17.3 Å². The Labute approximate surface area is 166 Å². The van der Waals surface area contributed by atoms with Crippen molar-refractivity contribution < 1.29 is 0 Å². The van der Waals surface area contributed by atoms with E-state index < -0.39 is 0 Å².